The number of methoxy groups -OCH3 is 1. The Morgan fingerprint density at radius 1 is 1.05 bits per heavy atom. The smallest absolute Gasteiger partial charge is 0.131 e. The first-order valence-corrected chi connectivity index (χ1v) is 6.40. The van der Waals surface area contributed by atoms with Gasteiger partial charge in [-0.25, -0.2) is 8.78 Å². The van der Waals surface area contributed by atoms with Gasteiger partial charge in [0.25, 0.3) is 0 Å². The van der Waals surface area contributed by atoms with Crippen molar-refractivity contribution in [3.8, 4) is 5.75 Å². The average molecular weight is 277 g/mol. The molecule has 0 saturated carbocycles. The van der Waals surface area contributed by atoms with Crippen LogP contribution in [0.5, 0.6) is 5.75 Å². The van der Waals surface area contributed by atoms with Gasteiger partial charge in [0.05, 0.1) is 7.11 Å². The fourth-order valence-corrected chi connectivity index (χ4v) is 2.27. The zero-order chi connectivity index (χ0) is 14.5. The number of rotatable bonds is 5. The van der Waals surface area contributed by atoms with Crippen LogP contribution in [-0.2, 0) is 6.42 Å². The Bertz CT molecular complexity index is 586. The van der Waals surface area contributed by atoms with Gasteiger partial charge in [0.15, 0.2) is 0 Å². The van der Waals surface area contributed by atoms with Crippen LogP contribution in [0.4, 0.5) is 8.78 Å². The van der Waals surface area contributed by atoms with Crippen LogP contribution in [0.25, 0.3) is 0 Å². The molecule has 0 radical (unpaired) electrons. The van der Waals surface area contributed by atoms with Gasteiger partial charge in [-0.15, -0.1) is 0 Å². The normalized spacial score (nSPS) is 12.2. The van der Waals surface area contributed by atoms with Crippen LogP contribution < -0.4 is 10.1 Å². The molecule has 4 heteroatoms. The summed E-state index contributed by atoms with van der Waals surface area (Å²) < 4.78 is 33.0. The molecule has 0 spiro atoms. The van der Waals surface area contributed by atoms with E-state index in [2.05, 4.69) is 5.32 Å². The summed E-state index contributed by atoms with van der Waals surface area (Å²) in [6.45, 7) is 0. The van der Waals surface area contributed by atoms with E-state index < -0.39 is 0 Å². The molecule has 0 heterocycles. The molecule has 0 saturated heterocycles. The molecule has 1 unspecified atom stereocenters. The van der Waals surface area contributed by atoms with Gasteiger partial charge in [-0.3, -0.25) is 0 Å². The van der Waals surface area contributed by atoms with Crippen molar-refractivity contribution >= 4 is 0 Å². The number of hydrogen-bond acceptors (Lipinski definition) is 2. The molecule has 2 aromatic rings. The first kappa shape index (κ1) is 14.5. The summed E-state index contributed by atoms with van der Waals surface area (Å²) >= 11 is 0. The summed E-state index contributed by atoms with van der Waals surface area (Å²) in [5.74, 6) is -0.191. The topological polar surface area (TPSA) is 21.3 Å². The van der Waals surface area contributed by atoms with Crippen molar-refractivity contribution in [2.45, 2.75) is 12.5 Å². The highest BCUT2D eigenvalue weighted by atomic mass is 19.1. The molecule has 0 fully saturated rings. The zero-order valence-corrected chi connectivity index (χ0v) is 11.5. The van der Waals surface area contributed by atoms with Crippen molar-refractivity contribution in [3.63, 3.8) is 0 Å². The van der Waals surface area contributed by atoms with Crippen LogP contribution in [0, 0.1) is 11.6 Å². The Hall–Kier alpha value is -1.94. The number of likely N-dealkylation sites (N-methyl/N-ethyl adjacent to an activating group) is 1. The fourth-order valence-electron chi connectivity index (χ4n) is 2.27. The molecule has 1 atom stereocenters. The maximum Gasteiger partial charge on any atom is 0.131 e. The lowest BCUT2D eigenvalue weighted by molar-refractivity contribution is 0.392. The number of nitrogens with one attached hydrogen (secondary N) is 1. The molecule has 2 aromatic carbocycles. The van der Waals surface area contributed by atoms with Crippen LogP contribution in [0.3, 0.4) is 0 Å². The van der Waals surface area contributed by atoms with Gasteiger partial charge >= 0.3 is 0 Å². The third-order valence-corrected chi connectivity index (χ3v) is 3.31. The van der Waals surface area contributed by atoms with E-state index in [1.165, 1.54) is 19.2 Å². The van der Waals surface area contributed by atoms with E-state index >= 15 is 0 Å². The van der Waals surface area contributed by atoms with Crippen molar-refractivity contribution < 1.29 is 13.5 Å². The van der Waals surface area contributed by atoms with E-state index in [-0.39, 0.29) is 17.7 Å². The molecule has 20 heavy (non-hydrogen) atoms. The summed E-state index contributed by atoms with van der Waals surface area (Å²) in [4.78, 5) is 0. The molecule has 0 bridgehead atoms. The third kappa shape index (κ3) is 2.96. The lowest BCUT2D eigenvalue weighted by Gasteiger charge is -2.20. The zero-order valence-electron chi connectivity index (χ0n) is 11.5. The van der Waals surface area contributed by atoms with E-state index in [4.69, 9.17) is 4.74 Å². The Morgan fingerprint density at radius 3 is 2.40 bits per heavy atom. The van der Waals surface area contributed by atoms with E-state index in [0.29, 0.717) is 23.3 Å². The van der Waals surface area contributed by atoms with Gasteiger partial charge in [-0.2, -0.15) is 0 Å². The standard InChI is InChI=1S/C16H17F2NO/c1-19-14(10-11-6-3-4-7-12(11)17)16-13(18)8-5-9-15(16)20-2/h3-9,14,19H,10H2,1-2H3. The molecule has 0 aliphatic carbocycles. The van der Waals surface area contributed by atoms with Crippen molar-refractivity contribution in [2.24, 2.45) is 0 Å². The van der Waals surface area contributed by atoms with Gasteiger partial charge in [-0.1, -0.05) is 24.3 Å². The van der Waals surface area contributed by atoms with Crippen molar-refractivity contribution in [3.05, 3.63) is 65.2 Å². The first-order chi connectivity index (χ1) is 9.67. The van der Waals surface area contributed by atoms with Gasteiger partial charge in [0, 0.05) is 11.6 Å². The van der Waals surface area contributed by atoms with Crippen LogP contribution >= 0.6 is 0 Å². The monoisotopic (exact) mass is 277 g/mol. The minimum atomic E-state index is -0.361. The third-order valence-electron chi connectivity index (χ3n) is 3.31. The highest BCUT2D eigenvalue weighted by Crippen LogP contribution is 2.30. The Morgan fingerprint density at radius 2 is 1.75 bits per heavy atom. The van der Waals surface area contributed by atoms with Crippen molar-refractivity contribution in [1.29, 1.82) is 0 Å². The fraction of sp³-hybridized carbons (Fsp3) is 0.250. The van der Waals surface area contributed by atoms with Crippen LogP contribution in [-0.4, -0.2) is 14.2 Å². The maximum absolute atomic E-state index is 14.1. The number of halogens is 2. The number of hydrogen-bond donors (Lipinski definition) is 1. The summed E-state index contributed by atoms with van der Waals surface area (Å²) in [5, 5.41) is 3.02. The molecule has 0 amide bonds. The Kier molecular flexibility index (Phi) is 4.69. The molecular weight excluding hydrogens is 260 g/mol. The number of benzene rings is 2. The van der Waals surface area contributed by atoms with E-state index in [0.717, 1.165) is 0 Å². The van der Waals surface area contributed by atoms with Crippen molar-refractivity contribution in [1.82, 2.24) is 5.32 Å². The lowest BCUT2D eigenvalue weighted by atomic mass is 9.97. The number of ether oxygens (including phenoxy) is 1. The maximum atomic E-state index is 14.1. The summed E-state index contributed by atoms with van der Waals surface area (Å²) in [6, 6.07) is 10.8. The van der Waals surface area contributed by atoms with Crippen LogP contribution in [0.1, 0.15) is 17.2 Å². The van der Waals surface area contributed by atoms with Crippen molar-refractivity contribution in [2.75, 3.05) is 14.2 Å². The molecule has 2 rings (SSSR count). The molecule has 0 aliphatic rings. The van der Waals surface area contributed by atoms with Gasteiger partial charge in [0.2, 0.25) is 0 Å². The summed E-state index contributed by atoms with van der Waals surface area (Å²) in [7, 11) is 3.21. The SMILES string of the molecule is CNC(Cc1ccccc1F)c1c(F)cccc1OC. The predicted molar refractivity (Wildman–Crippen MR) is 74.9 cm³/mol. The van der Waals surface area contributed by atoms with E-state index in [1.54, 1.807) is 37.4 Å². The molecule has 106 valence electrons. The second kappa shape index (κ2) is 6.48. The minimum Gasteiger partial charge on any atom is -0.496 e. The van der Waals surface area contributed by atoms with E-state index in [1.807, 2.05) is 0 Å². The molecule has 1 N–H and O–H groups in total. The molecule has 0 aromatic heterocycles. The second-order valence-electron chi connectivity index (χ2n) is 4.49. The minimum absolute atomic E-state index is 0.289. The molecule has 2 nitrogen and oxygen atoms in total. The van der Waals surface area contributed by atoms with Gasteiger partial charge in [0.1, 0.15) is 17.4 Å². The highest BCUT2D eigenvalue weighted by Gasteiger charge is 2.20. The molecular formula is C16H17F2NO. The Balaban J connectivity index is 2.36. The van der Waals surface area contributed by atoms with Gasteiger partial charge in [-0.05, 0) is 37.2 Å². The average Bonchev–Trinajstić information content (AvgIpc) is 2.47. The first-order valence-electron chi connectivity index (χ1n) is 6.40. The van der Waals surface area contributed by atoms with Gasteiger partial charge < -0.3 is 10.1 Å². The largest absolute Gasteiger partial charge is 0.496 e. The summed E-state index contributed by atoms with van der Waals surface area (Å²) in [5.41, 5.74) is 0.956. The Labute approximate surface area is 117 Å². The summed E-state index contributed by atoms with van der Waals surface area (Å²) in [6.07, 6.45) is 0.348. The van der Waals surface area contributed by atoms with Crippen LogP contribution in [0.2, 0.25) is 0 Å². The highest BCUT2D eigenvalue weighted by molar-refractivity contribution is 5.38. The predicted octanol–water partition coefficient (Wildman–Crippen LogP) is 3.48. The molecule has 0 aliphatic heterocycles. The van der Waals surface area contributed by atoms with Crippen LogP contribution in [0.15, 0.2) is 42.5 Å². The lowest BCUT2D eigenvalue weighted by Crippen LogP contribution is -2.21. The second-order valence-corrected chi connectivity index (χ2v) is 4.49. The quantitative estimate of drug-likeness (QED) is 0.903. The van der Waals surface area contributed by atoms with E-state index in [9.17, 15) is 8.78 Å².